The number of halogens is 1. The molecule has 1 heterocycles. The van der Waals surface area contributed by atoms with E-state index in [9.17, 15) is 4.79 Å². The van der Waals surface area contributed by atoms with Crippen LogP contribution in [-0.4, -0.2) is 18.0 Å². The summed E-state index contributed by atoms with van der Waals surface area (Å²) < 4.78 is 5.17. The van der Waals surface area contributed by atoms with Crippen LogP contribution in [0.25, 0.3) is 0 Å². The molecule has 5 heteroatoms. The molecule has 0 unspecified atom stereocenters. The minimum atomic E-state index is -0.318. The summed E-state index contributed by atoms with van der Waals surface area (Å²) in [7, 11) is 1.55. The molecule has 0 atom stereocenters. The molecule has 0 aliphatic rings. The molecule has 0 radical (unpaired) electrons. The van der Waals surface area contributed by atoms with E-state index in [1.807, 2.05) is 19.1 Å². The summed E-state index contributed by atoms with van der Waals surface area (Å²) in [5.74, 6) is 0.272. The van der Waals surface area contributed by atoms with Gasteiger partial charge < -0.3 is 10.1 Å². The first kappa shape index (κ1) is 13.4. The molecule has 1 amide bonds. The maximum atomic E-state index is 12.1. The first-order valence-electron chi connectivity index (χ1n) is 5.68. The molecule has 1 aromatic heterocycles. The van der Waals surface area contributed by atoms with Crippen molar-refractivity contribution < 1.29 is 9.53 Å². The Morgan fingerprint density at radius 3 is 2.79 bits per heavy atom. The lowest BCUT2D eigenvalue weighted by molar-refractivity contribution is 0.102. The summed E-state index contributed by atoms with van der Waals surface area (Å²) in [4.78, 5) is 16.2. The number of hydrogen-bond donors (Lipinski definition) is 1. The number of hydrogen-bond acceptors (Lipinski definition) is 3. The first-order valence-corrected chi connectivity index (χ1v) is 6.06. The van der Waals surface area contributed by atoms with Crippen molar-refractivity contribution in [2.75, 3.05) is 12.4 Å². The average molecular weight is 277 g/mol. The Labute approximate surface area is 116 Å². The summed E-state index contributed by atoms with van der Waals surface area (Å²) in [5, 5.41) is 3.12. The molecule has 0 spiro atoms. The second-order valence-electron chi connectivity index (χ2n) is 3.96. The van der Waals surface area contributed by atoms with Crippen LogP contribution in [0.1, 0.15) is 16.1 Å². The van der Waals surface area contributed by atoms with Crippen LogP contribution < -0.4 is 10.1 Å². The molecule has 4 nitrogen and oxygen atoms in total. The number of amides is 1. The van der Waals surface area contributed by atoms with Crippen LogP contribution >= 0.6 is 11.6 Å². The van der Waals surface area contributed by atoms with Gasteiger partial charge in [0.2, 0.25) is 0 Å². The highest BCUT2D eigenvalue weighted by Gasteiger charge is 2.13. The summed E-state index contributed by atoms with van der Waals surface area (Å²) in [5.41, 5.74) is 1.68. The van der Waals surface area contributed by atoms with E-state index in [2.05, 4.69) is 10.3 Å². The van der Waals surface area contributed by atoms with E-state index in [0.29, 0.717) is 22.0 Å². The minimum absolute atomic E-state index is 0.318. The van der Waals surface area contributed by atoms with Crippen molar-refractivity contribution in [2.24, 2.45) is 0 Å². The van der Waals surface area contributed by atoms with Gasteiger partial charge in [-0.1, -0.05) is 23.7 Å². The zero-order valence-electron chi connectivity index (χ0n) is 10.6. The number of anilines is 1. The van der Waals surface area contributed by atoms with Gasteiger partial charge in [-0.2, -0.15) is 0 Å². The normalized spacial score (nSPS) is 10.1. The number of pyridine rings is 1. The van der Waals surface area contributed by atoms with Gasteiger partial charge in [-0.15, -0.1) is 0 Å². The molecule has 19 heavy (non-hydrogen) atoms. The fourth-order valence-corrected chi connectivity index (χ4v) is 1.92. The standard InChI is InChI=1S/C14H13ClN2O2/c1-9-7-11(15)10(8-16-9)14(18)17-12-5-3-4-6-13(12)19-2/h3-8H,1-2H3,(H,17,18). The molecule has 0 saturated carbocycles. The fraction of sp³-hybridized carbons (Fsp3) is 0.143. The lowest BCUT2D eigenvalue weighted by Gasteiger charge is -2.10. The Balaban J connectivity index is 2.26. The Kier molecular flexibility index (Phi) is 4.02. The molecule has 0 aliphatic heterocycles. The van der Waals surface area contributed by atoms with Crippen LogP contribution in [-0.2, 0) is 0 Å². The minimum Gasteiger partial charge on any atom is -0.495 e. The van der Waals surface area contributed by atoms with Gasteiger partial charge in [-0.25, -0.2) is 0 Å². The molecular formula is C14H13ClN2O2. The molecular weight excluding hydrogens is 264 g/mol. The van der Waals surface area contributed by atoms with Crippen molar-refractivity contribution in [3.63, 3.8) is 0 Å². The molecule has 0 saturated heterocycles. The third-order valence-corrected chi connectivity index (χ3v) is 2.90. The lowest BCUT2D eigenvalue weighted by atomic mass is 10.2. The summed E-state index contributed by atoms with van der Waals surface area (Å²) >= 11 is 6.03. The third kappa shape index (κ3) is 3.03. The van der Waals surface area contributed by atoms with E-state index >= 15 is 0 Å². The Morgan fingerprint density at radius 1 is 1.37 bits per heavy atom. The number of nitrogens with zero attached hydrogens (tertiary/aromatic N) is 1. The molecule has 98 valence electrons. The summed E-state index contributed by atoms with van der Waals surface area (Å²) in [6, 6.07) is 8.82. The Morgan fingerprint density at radius 2 is 2.11 bits per heavy atom. The van der Waals surface area contributed by atoms with Crippen molar-refractivity contribution in [1.29, 1.82) is 0 Å². The highest BCUT2D eigenvalue weighted by atomic mass is 35.5. The van der Waals surface area contributed by atoms with E-state index in [1.54, 1.807) is 25.3 Å². The highest BCUT2D eigenvalue weighted by molar-refractivity contribution is 6.34. The number of carbonyl (C=O) groups excluding carboxylic acids is 1. The third-order valence-electron chi connectivity index (χ3n) is 2.59. The van der Waals surface area contributed by atoms with Crippen LogP contribution in [0.5, 0.6) is 5.75 Å². The average Bonchev–Trinajstić information content (AvgIpc) is 2.39. The van der Waals surface area contributed by atoms with Gasteiger partial charge in [0.15, 0.2) is 0 Å². The van der Waals surface area contributed by atoms with E-state index < -0.39 is 0 Å². The Hall–Kier alpha value is -2.07. The zero-order valence-corrected chi connectivity index (χ0v) is 11.4. The number of benzene rings is 1. The van der Waals surface area contributed by atoms with Crippen molar-refractivity contribution in [2.45, 2.75) is 6.92 Å². The van der Waals surface area contributed by atoms with Crippen molar-refractivity contribution in [3.05, 3.63) is 52.8 Å². The molecule has 1 N–H and O–H groups in total. The smallest absolute Gasteiger partial charge is 0.258 e. The second-order valence-corrected chi connectivity index (χ2v) is 4.37. The maximum Gasteiger partial charge on any atom is 0.258 e. The SMILES string of the molecule is COc1ccccc1NC(=O)c1cnc(C)cc1Cl. The number of para-hydroxylation sites is 2. The van der Waals surface area contributed by atoms with Crippen LogP contribution in [0.2, 0.25) is 5.02 Å². The largest absolute Gasteiger partial charge is 0.495 e. The van der Waals surface area contributed by atoms with Gasteiger partial charge in [0, 0.05) is 11.9 Å². The molecule has 0 bridgehead atoms. The van der Waals surface area contributed by atoms with Crippen molar-refractivity contribution in [1.82, 2.24) is 4.98 Å². The van der Waals surface area contributed by atoms with E-state index in [-0.39, 0.29) is 5.91 Å². The van der Waals surface area contributed by atoms with E-state index in [0.717, 1.165) is 5.69 Å². The molecule has 0 fully saturated rings. The van der Waals surface area contributed by atoms with Crippen LogP contribution in [0, 0.1) is 6.92 Å². The summed E-state index contributed by atoms with van der Waals surface area (Å²) in [6.07, 6.45) is 1.46. The number of nitrogens with one attached hydrogen (secondary N) is 1. The van der Waals surface area contributed by atoms with Crippen LogP contribution in [0.4, 0.5) is 5.69 Å². The first-order chi connectivity index (χ1) is 9.11. The number of aromatic nitrogens is 1. The molecule has 2 aromatic rings. The number of ether oxygens (including phenoxy) is 1. The highest BCUT2D eigenvalue weighted by Crippen LogP contribution is 2.24. The predicted molar refractivity (Wildman–Crippen MR) is 74.9 cm³/mol. The number of aryl methyl sites for hydroxylation is 1. The topological polar surface area (TPSA) is 51.2 Å². The zero-order chi connectivity index (χ0) is 13.8. The van der Waals surface area contributed by atoms with Gasteiger partial charge in [0.05, 0.1) is 23.4 Å². The second kappa shape index (κ2) is 5.71. The predicted octanol–water partition coefficient (Wildman–Crippen LogP) is 3.30. The van der Waals surface area contributed by atoms with Crippen LogP contribution in [0.15, 0.2) is 36.5 Å². The monoisotopic (exact) mass is 276 g/mol. The lowest BCUT2D eigenvalue weighted by Crippen LogP contribution is -2.13. The number of methoxy groups -OCH3 is 1. The number of carbonyl (C=O) groups is 1. The summed E-state index contributed by atoms with van der Waals surface area (Å²) in [6.45, 7) is 1.81. The Bertz CT molecular complexity index is 614. The van der Waals surface area contributed by atoms with Gasteiger partial charge in [-0.3, -0.25) is 9.78 Å². The van der Waals surface area contributed by atoms with Gasteiger partial charge in [0.25, 0.3) is 5.91 Å². The maximum absolute atomic E-state index is 12.1. The fourth-order valence-electron chi connectivity index (χ4n) is 1.63. The van der Waals surface area contributed by atoms with E-state index in [1.165, 1.54) is 6.20 Å². The van der Waals surface area contributed by atoms with Crippen LogP contribution in [0.3, 0.4) is 0 Å². The number of rotatable bonds is 3. The van der Waals surface area contributed by atoms with Gasteiger partial charge >= 0.3 is 0 Å². The molecule has 1 aromatic carbocycles. The van der Waals surface area contributed by atoms with Gasteiger partial charge in [-0.05, 0) is 25.1 Å². The van der Waals surface area contributed by atoms with Crippen molar-refractivity contribution in [3.8, 4) is 5.75 Å². The molecule has 2 rings (SSSR count). The quantitative estimate of drug-likeness (QED) is 0.936. The van der Waals surface area contributed by atoms with E-state index in [4.69, 9.17) is 16.3 Å². The molecule has 0 aliphatic carbocycles. The van der Waals surface area contributed by atoms with Crippen molar-refractivity contribution >= 4 is 23.2 Å². The van der Waals surface area contributed by atoms with Gasteiger partial charge in [0.1, 0.15) is 5.75 Å².